The molecule has 1 rings (SSSR count). The summed E-state index contributed by atoms with van der Waals surface area (Å²) >= 11 is 0. The van der Waals surface area contributed by atoms with E-state index in [4.69, 9.17) is 16.3 Å². The molecule has 0 bridgehead atoms. The SMILES string of the molecule is CCC(=O)CCCCCN(N)/C=C(\N)CN1CCC(OC)CC1. The van der Waals surface area contributed by atoms with Gasteiger partial charge >= 0.3 is 0 Å². The summed E-state index contributed by atoms with van der Waals surface area (Å²) in [5.74, 6) is 6.31. The maximum absolute atomic E-state index is 11.2. The number of rotatable bonds is 11. The highest BCUT2D eigenvalue weighted by molar-refractivity contribution is 5.77. The highest BCUT2D eigenvalue weighted by Crippen LogP contribution is 2.13. The first-order chi connectivity index (χ1) is 11.0. The van der Waals surface area contributed by atoms with Gasteiger partial charge in [0.05, 0.1) is 6.10 Å². The quantitative estimate of drug-likeness (QED) is 0.341. The fraction of sp³-hybridized carbons (Fsp3) is 0.824. The van der Waals surface area contributed by atoms with Gasteiger partial charge in [-0.3, -0.25) is 9.69 Å². The van der Waals surface area contributed by atoms with Crippen molar-refractivity contribution in [2.45, 2.75) is 58.0 Å². The van der Waals surface area contributed by atoms with Crippen molar-refractivity contribution >= 4 is 5.78 Å². The third-order valence-corrected chi connectivity index (χ3v) is 4.37. The van der Waals surface area contributed by atoms with Gasteiger partial charge in [-0.15, -0.1) is 0 Å². The average Bonchev–Trinajstić information content (AvgIpc) is 2.54. The van der Waals surface area contributed by atoms with Gasteiger partial charge in [0, 0.05) is 58.0 Å². The normalized spacial score (nSPS) is 17.4. The number of Topliss-reactive ketones (excluding diaryl/α,β-unsaturated/α-hetero) is 1. The van der Waals surface area contributed by atoms with Crippen molar-refractivity contribution in [3.05, 3.63) is 11.9 Å². The second-order valence-electron chi connectivity index (χ2n) is 6.36. The zero-order valence-electron chi connectivity index (χ0n) is 14.8. The molecule has 0 aromatic rings. The molecule has 1 aliphatic rings. The summed E-state index contributed by atoms with van der Waals surface area (Å²) in [6.45, 7) is 5.48. The van der Waals surface area contributed by atoms with Gasteiger partial charge in [-0.25, -0.2) is 5.84 Å². The van der Waals surface area contributed by atoms with Gasteiger partial charge in [0.2, 0.25) is 0 Å². The molecule has 1 fully saturated rings. The van der Waals surface area contributed by atoms with Crippen molar-refractivity contribution < 1.29 is 9.53 Å². The van der Waals surface area contributed by atoms with Gasteiger partial charge in [-0.2, -0.15) is 0 Å². The molecule has 0 aromatic heterocycles. The Hall–Kier alpha value is -1.11. The number of nitrogens with zero attached hydrogens (tertiary/aromatic N) is 2. The number of methoxy groups -OCH3 is 1. The Morgan fingerprint density at radius 2 is 2.00 bits per heavy atom. The number of unbranched alkanes of at least 4 members (excludes halogenated alkanes) is 2. The summed E-state index contributed by atoms with van der Waals surface area (Å²) in [6.07, 6.45) is 8.64. The number of ether oxygens (including phenoxy) is 1. The van der Waals surface area contributed by atoms with Crippen molar-refractivity contribution in [1.29, 1.82) is 0 Å². The van der Waals surface area contributed by atoms with Crippen LogP contribution in [0.3, 0.4) is 0 Å². The third-order valence-electron chi connectivity index (χ3n) is 4.37. The molecule has 6 heteroatoms. The minimum absolute atomic E-state index is 0.344. The molecular weight excluding hydrogens is 292 g/mol. The summed E-state index contributed by atoms with van der Waals surface area (Å²) in [6, 6.07) is 0. The summed E-state index contributed by atoms with van der Waals surface area (Å²) in [7, 11) is 1.78. The molecule has 1 heterocycles. The number of piperidine rings is 1. The van der Waals surface area contributed by atoms with Crippen LogP contribution in [-0.2, 0) is 9.53 Å². The van der Waals surface area contributed by atoms with Crippen LogP contribution in [0.2, 0.25) is 0 Å². The minimum atomic E-state index is 0.344. The molecule has 0 unspecified atom stereocenters. The first kappa shape index (κ1) is 19.9. The van der Waals surface area contributed by atoms with Crippen molar-refractivity contribution in [2.75, 3.05) is 33.3 Å². The summed E-state index contributed by atoms with van der Waals surface area (Å²) in [4.78, 5) is 13.5. The maximum Gasteiger partial charge on any atom is 0.132 e. The van der Waals surface area contributed by atoms with E-state index < -0.39 is 0 Å². The zero-order valence-corrected chi connectivity index (χ0v) is 14.8. The number of carbonyl (C=O) groups is 1. The lowest BCUT2D eigenvalue weighted by Crippen LogP contribution is -2.39. The summed E-state index contributed by atoms with van der Waals surface area (Å²) < 4.78 is 5.37. The highest BCUT2D eigenvalue weighted by Gasteiger charge is 2.18. The van der Waals surface area contributed by atoms with Crippen LogP contribution in [0.1, 0.15) is 51.9 Å². The largest absolute Gasteiger partial charge is 0.400 e. The Balaban J connectivity index is 2.15. The Labute approximate surface area is 140 Å². The lowest BCUT2D eigenvalue weighted by Gasteiger charge is -2.31. The van der Waals surface area contributed by atoms with Crippen LogP contribution in [0, 0.1) is 0 Å². The molecule has 4 N–H and O–H groups in total. The Morgan fingerprint density at radius 1 is 1.30 bits per heavy atom. The van der Waals surface area contributed by atoms with E-state index >= 15 is 0 Å². The highest BCUT2D eigenvalue weighted by atomic mass is 16.5. The molecule has 0 aliphatic carbocycles. The number of hydrogen-bond donors (Lipinski definition) is 2. The van der Waals surface area contributed by atoms with E-state index in [0.717, 1.165) is 64.0 Å². The van der Waals surface area contributed by atoms with Gasteiger partial charge in [0.1, 0.15) is 5.78 Å². The molecule has 0 atom stereocenters. The maximum atomic E-state index is 11.2. The van der Waals surface area contributed by atoms with Crippen LogP contribution in [0.25, 0.3) is 0 Å². The van der Waals surface area contributed by atoms with E-state index in [1.165, 1.54) is 0 Å². The average molecular weight is 326 g/mol. The van der Waals surface area contributed by atoms with E-state index in [0.29, 0.717) is 24.7 Å². The fourth-order valence-electron chi connectivity index (χ4n) is 2.85. The predicted octanol–water partition coefficient (Wildman–Crippen LogP) is 1.61. The van der Waals surface area contributed by atoms with Gasteiger partial charge in [-0.05, 0) is 25.7 Å². The fourth-order valence-corrected chi connectivity index (χ4v) is 2.85. The predicted molar refractivity (Wildman–Crippen MR) is 93.4 cm³/mol. The van der Waals surface area contributed by atoms with E-state index in [9.17, 15) is 4.79 Å². The molecule has 23 heavy (non-hydrogen) atoms. The van der Waals surface area contributed by atoms with Gasteiger partial charge in [0.25, 0.3) is 0 Å². The summed E-state index contributed by atoms with van der Waals surface area (Å²) in [5, 5.41) is 1.67. The molecule has 0 radical (unpaired) electrons. The Kier molecular flexibility index (Phi) is 9.91. The van der Waals surface area contributed by atoms with E-state index in [1.807, 2.05) is 13.1 Å². The van der Waals surface area contributed by atoms with Crippen LogP contribution >= 0.6 is 0 Å². The Bertz CT molecular complexity index is 366. The van der Waals surface area contributed by atoms with Crippen LogP contribution in [0.4, 0.5) is 0 Å². The topological polar surface area (TPSA) is 84.8 Å². The molecule has 134 valence electrons. The second kappa shape index (κ2) is 11.4. The number of hydrogen-bond acceptors (Lipinski definition) is 6. The standard InChI is InChI=1S/C17H34N4O2/c1-3-16(22)7-5-4-6-10-21(19)14-15(18)13-20-11-8-17(23-2)9-12-20/h14,17H,3-13,18-19H2,1-2H3/b15-14-. The molecule has 0 spiro atoms. The smallest absolute Gasteiger partial charge is 0.132 e. The Morgan fingerprint density at radius 3 is 2.61 bits per heavy atom. The molecule has 1 saturated heterocycles. The van der Waals surface area contributed by atoms with Crippen molar-refractivity contribution in [1.82, 2.24) is 9.91 Å². The number of carbonyl (C=O) groups excluding carboxylic acids is 1. The lowest BCUT2D eigenvalue weighted by molar-refractivity contribution is -0.118. The van der Waals surface area contributed by atoms with Gasteiger partial charge < -0.3 is 15.5 Å². The van der Waals surface area contributed by atoms with Crippen molar-refractivity contribution in [2.24, 2.45) is 11.6 Å². The van der Waals surface area contributed by atoms with Crippen molar-refractivity contribution in [3.8, 4) is 0 Å². The number of nitrogens with two attached hydrogens (primary N) is 2. The zero-order chi connectivity index (χ0) is 17.1. The summed E-state index contributed by atoms with van der Waals surface area (Å²) in [5.41, 5.74) is 6.88. The lowest BCUT2D eigenvalue weighted by atomic mass is 10.1. The molecule has 0 amide bonds. The second-order valence-corrected chi connectivity index (χ2v) is 6.36. The molecular formula is C17H34N4O2. The van der Waals surface area contributed by atoms with Crippen LogP contribution < -0.4 is 11.6 Å². The van der Waals surface area contributed by atoms with E-state index in [2.05, 4.69) is 4.90 Å². The van der Waals surface area contributed by atoms with Gasteiger partial charge in [0.15, 0.2) is 0 Å². The van der Waals surface area contributed by atoms with Crippen LogP contribution in [0.5, 0.6) is 0 Å². The van der Waals surface area contributed by atoms with Crippen LogP contribution in [-0.4, -0.2) is 55.1 Å². The van der Waals surface area contributed by atoms with E-state index in [-0.39, 0.29) is 0 Å². The molecule has 6 nitrogen and oxygen atoms in total. The minimum Gasteiger partial charge on any atom is -0.400 e. The number of likely N-dealkylation sites (tertiary alicyclic amines) is 1. The number of ketones is 1. The van der Waals surface area contributed by atoms with Crippen molar-refractivity contribution in [3.63, 3.8) is 0 Å². The van der Waals surface area contributed by atoms with E-state index in [1.54, 1.807) is 12.1 Å². The third kappa shape index (κ3) is 8.93. The van der Waals surface area contributed by atoms with Crippen LogP contribution in [0.15, 0.2) is 11.9 Å². The molecule has 0 aromatic carbocycles. The monoisotopic (exact) mass is 326 g/mol. The van der Waals surface area contributed by atoms with Gasteiger partial charge in [-0.1, -0.05) is 13.3 Å². The first-order valence-corrected chi connectivity index (χ1v) is 8.79. The first-order valence-electron chi connectivity index (χ1n) is 8.79. The molecule has 0 saturated carbocycles. The molecule has 1 aliphatic heterocycles. The number of hydrazine groups is 1.